The standard InChI is InChI=1S/C17H30N2O4/c1-19-8-6-17(21,7-9-19)16(20)18-14-5-10-22-12-15(14)23-11-13-3-2-4-13/h13-15,21H,2-12H2,1H3,(H,18,20)/t14-,15-/m1/s1. The fraction of sp³-hybridized carbons (Fsp3) is 0.941. The Kier molecular flexibility index (Phi) is 5.57. The maximum Gasteiger partial charge on any atom is 0.252 e. The number of likely N-dealkylation sites (tertiary alicyclic amines) is 1. The van der Waals surface area contributed by atoms with Gasteiger partial charge in [0, 0.05) is 26.3 Å². The molecule has 0 spiro atoms. The van der Waals surface area contributed by atoms with E-state index in [-0.39, 0.29) is 18.1 Å². The van der Waals surface area contributed by atoms with Crippen molar-refractivity contribution >= 4 is 5.91 Å². The van der Waals surface area contributed by atoms with Crippen molar-refractivity contribution in [3.63, 3.8) is 0 Å². The molecule has 2 N–H and O–H groups in total. The Morgan fingerprint density at radius 1 is 1.35 bits per heavy atom. The molecule has 23 heavy (non-hydrogen) atoms. The lowest BCUT2D eigenvalue weighted by atomic mass is 9.86. The van der Waals surface area contributed by atoms with Crippen molar-refractivity contribution in [2.24, 2.45) is 5.92 Å². The van der Waals surface area contributed by atoms with Gasteiger partial charge in [-0.15, -0.1) is 0 Å². The highest BCUT2D eigenvalue weighted by Crippen LogP contribution is 2.28. The normalized spacial score (nSPS) is 32.3. The number of hydrogen-bond donors (Lipinski definition) is 2. The summed E-state index contributed by atoms with van der Waals surface area (Å²) in [6.07, 6.45) is 5.44. The summed E-state index contributed by atoms with van der Waals surface area (Å²) in [5.74, 6) is 0.432. The molecule has 2 saturated heterocycles. The summed E-state index contributed by atoms with van der Waals surface area (Å²) in [7, 11) is 2.01. The Morgan fingerprint density at radius 3 is 2.74 bits per heavy atom. The van der Waals surface area contributed by atoms with Gasteiger partial charge in [0.25, 0.3) is 5.91 Å². The Morgan fingerprint density at radius 2 is 2.09 bits per heavy atom. The minimum atomic E-state index is -1.23. The lowest BCUT2D eigenvalue weighted by Gasteiger charge is -2.39. The van der Waals surface area contributed by atoms with E-state index in [1.54, 1.807) is 0 Å². The van der Waals surface area contributed by atoms with Crippen LogP contribution >= 0.6 is 0 Å². The molecule has 2 heterocycles. The minimum Gasteiger partial charge on any atom is -0.380 e. The van der Waals surface area contributed by atoms with Gasteiger partial charge in [0.1, 0.15) is 11.7 Å². The first-order valence-corrected chi connectivity index (χ1v) is 8.98. The monoisotopic (exact) mass is 326 g/mol. The number of nitrogens with zero attached hydrogens (tertiary/aromatic N) is 1. The molecule has 6 nitrogen and oxygen atoms in total. The van der Waals surface area contributed by atoms with Gasteiger partial charge in [-0.1, -0.05) is 6.42 Å². The lowest BCUT2D eigenvalue weighted by molar-refractivity contribution is -0.149. The zero-order valence-corrected chi connectivity index (χ0v) is 14.1. The van der Waals surface area contributed by atoms with E-state index in [2.05, 4.69) is 10.2 Å². The Bertz CT molecular complexity index is 405. The van der Waals surface area contributed by atoms with Crippen molar-refractivity contribution in [1.82, 2.24) is 10.2 Å². The molecule has 3 rings (SSSR count). The summed E-state index contributed by atoms with van der Waals surface area (Å²) in [5.41, 5.74) is -1.23. The Labute approximate surface area is 138 Å². The van der Waals surface area contributed by atoms with Gasteiger partial charge in [-0.25, -0.2) is 0 Å². The second kappa shape index (κ2) is 7.47. The lowest BCUT2D eigenvalue weighted by Crippen LogP contribution is -2.59. The van der Waals surface area contributed by atoms with Crippen LogP contribution in [-0.2, 0) is 14.3 Å². The molecule has 2 atom stereocenters. The van der Waals surface area contributed by atoms with Crippen LogP contribution < -0.4 is 5.32 Å². The van der Waals surface area contributed by atoms with Crippen LogP contribution in [0.15, 0.2) is 0 Å². The van der Waals surface area contributed by atoms with Gasteiger partial charge in [-0.3, -0.25) is 4.79 Å². The molecule has 3 fully saturated rings. The summed E-state index contributed by atoms with van der Waals surface area (Å²) in [6, 6.07) is -0.0555. The maximum absolute atomic E-state index is 12.6. The fourth-order valence-electron chi connectivity index (χ4n) is 3.48. The fourth-order valence-corrected chi connectivity index (χ4v) is 3.48. The highest BCUT2D eigenvalue weighted by atomic mass is 16.5. The number of piperidine rings is 1. The van der Waals surface area contributed by atoms with Crippen LogP contribution in [0.1, 0.15) is 38.5 Å². The molecule has 0 radical (unpaired) electrons. The highest BCUT2D eigenvalue weighted by Gasteiger charge is 2.41. The SMILES string of the molecule is CN1CCC(O)(C(=O)N[C@@H]2CCOC[C@H]2OCC2CCC2)CC1. The number of hydrogen-bond acceptors (Lipinski definition) is 5. The van der Waals surface area contributed by atoms with Crippen LogP contribution in [0.5, 0.6) is 0 Å². The summed E-state index contributed by atoms with van der Waals surface area (Å²) in [5, 5.41) is 13.7. The third-order valence-corrected chi connectivity index (χ3v) is 5.63. The van der Waals surface area contributed by atoms with E-state index in [9.17, 15) is 9.90 Å². The van der Waals surface area contributed by atoms with Crippen LogP contribution in [0.4, 0.5) is 0 Å². The second-order valence-electron chi connectivity index (χ2n) is 7.45. The number of carbonyl (C=O) groups is 1. The summed E-state index contributed by atoms with van der Waals surface area (Å²) in [6.45, 7) is 3.42. The molecule has 6 heteroatoms. The molecule has 1 saturated carbocycles. The molecule has 0 unspecified atom stereocenters. The third kappa shape index (κ3) is 4.24. The van der Waals surface area contributed by atoms with Crippen molar-refractivity contribution in [3.05, 3.63) is 0 Å². The number of rotatable bonds is 5. The van der Waals surface area contributed by atoms with E-state index in [4.69, 9.17) is 9.47 Å². The summed E-state index contributed by atoms with van der Waals surface area (Å²) in [4.78, 5) is 14.7. The van der Waals surface area contributed by atoms with Gasteiger partial charge in [-0.2, -0.15) is 0 Å². The number of carbonyl (C=O) groups excluding carboxylic acids is 1. The molecular weight excluding hydrogens is 296 g/mol. The predicted molar refractivity (Wildman–Crippen MR) is 86.1 cm³/mol. The summed E-state index contributed by atoms with van der Waals surface area (Å²) >= 11 is 0. The van der Waals surface area contributed by atoms with Crippen LogP contribution in [-0.4, -0.2) is 73.6 Å². The van der Waals surface area contributed by atoms with Crippen LogP contribution in [0, 0.1) is 5.92 Å². The van der Waals surface area contributed by atoms with Gasteiger partial charge in [0.2, 0.25) is 0 Å². The van der Waals surface area contributed by atoms with Crippen LogP contribution in [0.3, 0.4) is 0 Å². The third-order valence-electron chi connectivity index (χ3n) is 5.63. The number of ether oxygens (including phenoxy) is 2. The Balaban J connectivity index is 1.52. The molecule has 0 aromatic rings. The van der Waals surface area contributed by atoms with Gasteiger partial charge in [0.05, 0.1) is 12.6 Å². The molecule has 1 aliphatic carbocycles. The molecule has 3 aliphatic rings. The maximum atomic E-state index is 12.6. The number of nitrogens with one attached hydrogen (secondary N) is 1. The molecule has 132 valence electrons. The van der Waals surface area contributed by atoms with E-state index in [0.29, 0.717) is 32.0 Å². The van der Waals surface area contributed by atoms with E-state index >= 15 is 0 Å². The number of amides is 1. The van der Waals surface area contributed by atoms with Crippen molar-refractivity contribution in [3.8, 4) is 0 Å². The second-order valence-corrected chi connectivity index (χ2v) is 7.45. The average Bonchev–Trinajstić information content (AvgIpc) is 2.50. The molecule has 1 amide bonds. The van der Waals surface area contributed by atoms with Crippen molar-refractivity contribution in [1.29, 1.82) is 0 Å². The van der Waals surface area contributed by atoms with Gasteiger partial charge in [0.15, 0.2) is 0 Å². The quantitative estimate of drug-likeness (QED) is 0.771. The first kappa shape index (κ1) is 17.1. The van der Waals surface area contributed by atoms with Crippen LogP contribution in [0.2, 0.25) is 0 Å². The number of aliphatic hydroxyl groups is 1. The first-order valence-electron chi connectivity index (χ1n) is 8.98. The zero-order valence-electron chi connectivity index (χ0n) is 14.1. The predicted octanol–water partition coefficient (Wildman–Crippen LogP) is 0.534. The molecule has 0 aromatic heterocycles. The van der Waals surface area contributed by atoms with Gasteiger partial charge < -0.3 is 24.8 Å². The van der Waals surface area contributed by atoms with Crippen molar-refractivity contribution < 1.29 is 19.4 Å². The molecule has 2 aliphatic heterocycles. The smallest absolute Gasteiger partial charge is 0.252 e. The van der Waals surface area contributed by atoms with E-state index < -0.39 is 5.60 Å². The Hall–Kier alpha value is -0.690. The molecular formula is C17H30N2O4. The zero-order chi connectivity index (χ0) is 16.3. The van der Waals surface area contributed by atoms with Crippen LogP contribution in [0.25, 0.3) is 0 Å². The van der Waals surface area contributed by atoms with E-state index in [1.807, 2.05) is 7.05 Å². The first-order chi connectivity index (χ1) is 11.1. The van der Waals surface area contributed by atoms with Crippen molar-refractivity contribution in [2.75, 3.05) is 40.0 Å². The minimum absolute atomic E-state index is 0.0555. The molecule has 0 bridgehead atoms. The van der Waals surface area contributed by atoms with E-state index in [0.717, 1.165) is 26.1 Å². The van der Waals surface area contributed by atoms with Crippen molar-refractivity contribution in [2.45, 2.75) is 56.3 Å². The van der Waals surface area contributed by atoms with Gasteiger partial charge >= 0.3 is 0 Å². The van der Waals surface area contributed by atoms with Gasteiger partial charge in [-0.05, 0) is 45.1 Å². The molecule has 0 aromatic carbocycles. The average molecular weight is 326 g/mol. The highest BCUT2D eigenvalue weighted by molar-refractivity contribution is 5.85. The summed E-state index contributed by atoms with van der Waals surface area (Å²) < 4.78 is 11.5. The van der Waals surface area contributed by atoms with E-state index in [1.165, 1.54) is 19.3 Å². The largest absolute Gasteiger partial charge is 0.380 e. The topological polar surface area (TPSA) is 71.0 Å².